The van der Waals surface area contributed by atoms with Crippen molar-refractivity contribution in [3.05, 3.63) is 23.0 Å². The van der Waals surface area contributed by atoms with E-state index in [-0.39, 0.29) is 0 Å². The summed E-state index contributed by atoms with van der Waals surface area (Å²) in [5, 5.41) is 8.97. The van der Waals surface area contributed by atoms with E-state index in [2.05, 4.69) is 10.2 Å². The Kier molecular flexibility index (Phi) is 3.06. The number of rotatable bonds is 1. The first-order valence-electron chi connectivity index (χ1n) is 4.47. The van der Waals surface area contributed by atoms with Gasteiger partial charge in [-0.3, -0.25) is 0 Å². The molecule has 0 saturated carbocycles. The van der Waals surface area contributed by atoms with Gasteiger partial charge in [0.15, 0.2) is 5.15 Å². The molecule has 0 bridgehead atoms. The lowest BCUT2D eigenvalue weighted by molar-refractivity contribution is 0.668. The second-order valence-corrected chi connectivity index (χ2v) is 4.83. The van der Waals surface area contributed by atoms with Crippen LogP contribution in [0.2, 0.25) is 5.15 Å². The van der Waals surface area contributed by atoms with Crippen molar-refractivity contribution < 1.29 is 0 Å². The highest BCUT2D eigenvalue weighted by Crippen LogP contribution is 2.36. The first-order chi connectivity index (χ1) is 6.36. The molecule has 0 radical (unpaired) electrons. The third-order valence-electron chi connectivity index (χ3n) is 2.16. The second-order valence-electron chi connectivity index (χ2n) is 3.14. The number of hydrogen-bond donors (Lipinski definition) is 0. The van der Waals surface area contributed by atoms with Gasteiger partial charge in [0, 0.05) is 5.25 Å². The zero-order valence-corrected chi connectivity index (χ0v) is 8.81. The van der Waals surface area contributed by atoms with Crippen LogP contribution in [0.5, 0.6) is 0 Å². The Labute approximate surface area is 87.1 Å². The van der Waals surface area contributed by atoms with Gasteiger partial charge in [-0.05, 0) is 30.7 Å². The summed E-state index contributed by atoms with van der Waals surface area (Å²) in [7, 11) is 0. The normalized spacial score (nSPS) is 23.0. The standard InChI is InChI=1S/C9H11ClN2S/c10-9-5-4-7(11-12-9)8-3-1-2-6-13-8/h4-5,8H,1-3,6H2. The largest absolute Gasteiger partial charge is 0.153 e. The van der Waals surface area contributed by atoms with Crippen LogP contribution >= 0.6 is 23.4 Å². The second kappa shape index (κ2) is 4.29. The molecular formula is C9H11ClN2S. The van der Waals surface area contributed by atoms with Crippen LogP contribution in [0.4, 0.5) is 0 Å². The predicted molar refractivity (Wildman–Crippen MR) is 56.1 cm³/mol. The van der Waals surface area contributed by atoms with E-state index in [0.29, 0.717) is 10.4 Å². The average molecular weight is 215 g/mol. The predicted octanol–water partition coefficient (Wildman–Crippen LogP) is 3.09. The molecule has 70 valence electrons. The molecule has 0 aromatic carbocycles. The maximum absolute atomic E-state index is 5.67. The van der Waals surface area contributed by atoms with Crippen molar-refractivity contribution in [2.24, 2.45) is 0 Å². The number of halogens is 1. The lowest BCUT2D eigenvalue weighted by atomic mass is 10.1. The third-order valence-corrected chi connectivity index (χ3v) is 3.77. The van der Waals surface area contributed by atoms with Gasteiger partial charge in [0.05, 0.1) is 5.69 Å². The van der Waals surface area contributed by atoms with E-state index in [0.717, 1.165) is 5.69 Å². The fourth-order valence-corrected chi connectivity index (χ4v) is 2.86. The van der Waals surface area contributed by atoms with Crippen LogP contribution in [-0.2, 0) is 0 Å². The van der Waals surface area contributed by atoms with Crippen LogP contribution in [0.1, 0.15) is 30.2 Å². The quantitative estimate of drug-likeness (QED) is 0.719. The van der Waals surface area contributed by atoms with Crippen LogP contribution in [0, 0.1) is 0 Å². The summed E-state index contributed by atoms with van der Waals surface area (Å²) in [6.45, 7) is 0. The van der Waals surface area contributed by atoms with Crippen molar-refractivity contribution >= 4 is 23.4 Å². The molecule has 2 heterocycles. The minimum absolute atomic E-state index is 0.476. The Bertz CT molecular complexity index is 269. The summed E-state index contributed by atoms with van der Waals surface area (Å²) in [5.74, 6) is 1.25. The molecule has 0 N–H and O–H groups in total. The fourth-order valence-electron chi connectivity index (χ4n) is 1.47. The van der Waals surface area contributed by atoms with Gasteiger partial charge >= 0.3 is 0 Å². The highest BCUT2D eigenvalue weighted by molar-refractivity contribution is 7.99. The number of hydrogen-bond acceptors (Lipinski definition) is 3. The van der Waals surface area contributed by atoms with E-state index in [4.69, 9.17) is 11.6 Å². The van der Waals surface area contributed by atoms with Crippen LogP contribution in [0.3, 0.4) is 0 Å². The van der Waals surface area contributed by atoms with Crippen molar-refractivity contribution in [2.45, 2.75) is 24.5 Å². The summed E-state index contributed by atoms with van der Waals surface area (Å²) < 4.78 is 0. The Morgan fingerprint density at radius 2 is 2.23 bits per heavy atom. The summed E-state index contributed by atoms with van der Waals surface area (Å²) in [4.78, 5) is 0. The third kappa shape index (κ3) is 2.35. The summed E-state index contributed by atoms with van der Waals surface area (Å²) in [6.07, 6.45) is 3.87. The lowest BCUT2D eigenvalue weighted by Gasteiger charge is -2.19. The molecule has 1 unspecified atom stereocenters. The fraction of sp³-hybridized carbons (Fsp3) is 0.556. The van der Waals surface area contributed by atoms with Crippen molar-refractivity contribution in [1.82, 2.24) is 10.2 Å². The molecule has 1 aromatic rings. The minimum Gasteiger partial charge on any atom is -0.153 e. The van der Waals surface area contributed by atoms with Gasteiger partial charge in [-0.2, -0.15) is 16.9 Å². The SMILES string of the molecule is Clc1ccc(C2CCCCS2)nn1. The maximum atomic E-state index is 5.67. The Balaban J connectivity index is 2.10. The molecule has 1 aliphatic heterocycles. The van der Waals surface area contributed by atoms with Crippen molar-refractivity contribution in [3.63, 3.8) is 0 Å². The topological polar surface area (TPSA) is 25.8 Å². The van der Waals surface area contributed by atoms with Crippen LogP contribution in [0.25, 0.3) is 0 Å². The van der Waals surface area contributed by atoms with Gasteiger partial charge in [-0.15, -0.1) is 5.10 Å². The Morgan fingerprint density at radius 3 is 2.85 bits per heavy atom. The maximum Gasteiger partial charge on any atom is 0.151 e. The average Bonchev–Trinajstić information content (AvgIpc) is 2.20. The van der Waals surface area contributed by atoms with E-state index >= 15 is 0 Å². The van der Waals surface area contributed by atoms with Crippen LogP contribution in [-0.4, -0.2) is 16.0 Å². The smallest absolute Gasteiger partial charge is 0.151 e. The number of thioether (sulfide) groups is 1. The van der Waals surface area contributed by atoms with Crippen molar-refractivity contribution in [2.75, 3.05) is 5.75 Å². The summed E-state index contributed by atoms with van der Waals surface area (Å²) in [5.41, 5.74) is 1.08. The number of aromatic nitrogens is 2. The molecule has 1 aromatic heterocycles. The van der Waals surface area contributed by atoms with Gasteiger partial charge in [0.1, 0.15) is 0 Å². The van der Waals surface area contributed by atoms with E-state index in [1.165, 1.54) is 25.0 Å². The van der Waals surface area contributed by atoms with E-state index in [1.54, 1.807) is 0 Å². The molecule has 2 rings (SSSR count). The molecule has 13 heavy (non-hydrogen) atoms. The summed E-state index contributed by atoms with van der Waals surface area (Å²) >= 11 is 7.65. The molecule has 0 aliphatic carbocycles. The minimum atomic E-state index is 0.476. The van der Waals surface area contributed by atoms with E-state index in [1.807, 2.05) is 23.9 Å². The molecular weight excluding hydrogens is 204 g/mol. The molecule has 4 heteroatoms. The first kappa shape index (κ1) is 9.28. The van der Waals surface area contributed by atoms with Gasteiger partial charge in [0.25, 0.3) is 0 Å². The van der Waals surface area contributed by atoms with Gasteiger partial charge < -0.3 is 0 Å². The molecule has 1 aliphatic rings. The van der Waals surface area contributed by atoms with E-state index in [9.17, 15) is 0 Å². The number of nitrogens with zero attached hydrogens (tertiary/aromatic N) is 2. The molecule has 0 amide bonds. The zero-order chi connectivity index (χ0) is 9.10. The van der Waals surface area contributed by atoms with Crippen LogP contribution < -0.4 is 0 Å². The molecule has 1 fully saturated rings. The van der Waals surface area contributed by atoms with Crippen molar-refractivity contribution in [1.29, 1.82) is 0 Å². The Morgan fingerprint density at radius 1 is 1.31 bits per heavy atom. The highest BCUT2D eigenvalue weighted by atomic mass is 35.5. The molecule has 0 spiro atoms. The summed E-state index contributed by atoms with van der Waals surface area (Å²) in [6, 6.07) is 3.80. The van der Waals surface area contributed by atoms with Crippen LogP contribution in [0.15, 0.2) is 12.1 Å². The first-order valence-corrected chi connectivity index (χ1v) is 5.89. The lowest BCUT2D eigenvalue weighted by Crippen LogP contribution is -2.04. The molecule has 2 nitrogen and oxygen atoms in total. The van der Waals surface area contributed by atoms with E-state index < -0.39 is 0 Å². The van der Waals surface area contributed by atoms with Gasteiger partial charge in [-0.1, -0.05) is 18.0 Å². The monoisotopic (exact) mass is 214 g/mol. The zero-order valence-electron chi connectivity index (χ0n) is 7.24. The molecule has 1 saturated heterocycles. The molecule has 1 atom stereocenters. The van der Waals surface area contributed by atoms with Crippen molar-refractivity contribution in [3.8, 4) is 0 Å². The van der Waals surface area contributed by atoms with Gasteiger partial charge in [0.2, 0.25) is 0 Å². The Hall–Kier alpha value is -0.280. The highest BCUT2D eigenvalue weighted by Gasteiger charge is 2.17. The van der Waals surface area contributed by atoms with Gasteiger partial charge in [-0.25, -0.2) is 0 Å².